The van der Waals surface area contributed by atoms with Gasteiger partial charge in [0.25, 0.3) is 0 Å². The summed E-state index contributed by atoms with van der Waals surface area (Å²) >= 11 is 5.44. The number of hydrogen-bond acceptors (Lipinski definition) is 4. The van der Waals surface area contributed by atoms with Gasteiger partial charge in [0.2, 0.25) is 5.91 Å². The van der Waals surface area contributed by atoms with E-state index in [0.717, 1.165) is 36.6 Å². The van der Waals surface area contributed by atoms with Gasteiger partial charge in [0.15, 0.2) is 10.6 Å². The van der Waals surface area contributed by atoms with Crippen molar-refractivity contribution in [3.05, 3.63) is 34.6 Å². The van der Waals surface area contributed by atoms with E-state index in [1.165, 1.54) is 32.1 Å². The lowest BCUT2D eigenvalue weighted by atomic mass is 9.89. The zero-order valence-corrected chi connectivity index (χ0v) is 18.7. The molecule has 1 saturated carbocycles. The van der Waals surface area contributed by atoms with Crippen molar-refractivity contribution in [3.8, 4) is 11.4 Å². The van der Waals surface area contributed by atoms with E-state index < -0.39 is 0 Å². The van der Waals surface area contributed by atoms with Gasteiger partial charge in [-0.2, -0.15) is 5.10 Å². The summed E-state index contributed by atoms with van der Waals surface area (Å²) in [6.45, 7) is 4.72. The largest absolute Gasteiger partial charge is 0.340 e. The van der Waals surface area contributed by atoms with Crippen molar-refractivity contribution in [2.45, 2.75) is 45.6 Å². The summed E-state index contributed by atoms with van der Waals surface area (Å²) in [5.74, 6) is 1.45. The lowest BCUT2D eigenvalue weighted by Gasteiger charge is -2.31. The minimum Gasteiger partial charge on any atom is -0.340 e. The normalized spacial score (nSPS) is 15.0. The van der Waals surface area contributed by atoms with Crippen LogP contribution in [0.25, 0.3) is 11.4 Å². The highest BCUT2D eigenvalue weighted by Crippen LogP contribution is 2.25. The van der Waals surface area contributed by atoms with Crippen LogP contribution in [0.4, 0.5) is 0 Å². The molecule has 0 radical (unpaired) electrons. The molecular formula is C22H33N5OS. The Labute approximate surface area is 178 Å². The lowest BCUT2D eigenvalue weighted by molar-refractivity contribution is -0.132. The molecule has 3 rings (SSSR count). The van der Waals surface area contributed by atoms with E-state index in [1.807, 2.05) is 48.7 Å². The minimum absolute atomic E-state index is 0.115. The third kappa shape index (κ3) is 6.00. The number of aromatic amines is 1. The van der Waals surface area contributed by atoms with Crippen molar-refractivity contribution >= 4 is 18.1 Å². The van der Waals surface area contributed by atoms with E-state index in [-0.39, 0.29) is 12.5 Å². The molecule has 1 aromatic heterocycles. The van der Waals surface area contributed by atoms with Crippen molar-refractivity contribution in [2.75, 3.05) is 33.7 Å². The van der Waals surface area contributed by atoms with Gasteiger partial charge in [-0.3, -0.25) is 14.5 Å². The maximum absolute atomic E-state index is 13.3. The highest BCUT2D eigenvalue weighted by atomic mass is 32.1. The first-order chi connectivity index (χ1) is 13.9. The Morgan fingerprint density at radius 1 is 1.24 bits per heavy atom. The second-order valence-electron chi connectivity index (χ2n) is 8.46. The van der Waals surface area contributed by atoms with Crippen molar-refractivity contribution in [2.24, 2.45) is 5.92 Å². The topological polar surface area (TPSA) is 57.2 Å². The predicted molar refractivity (Wildman–Crippen MR) is 119 cm³/mol. The van der Waals surface area contributed by atoms with Gasteiger partial charge < -0.3 is 9.80 Å². The molecule has 6 nitrogen and oxygen atoms in total. The van der Waals surface area contributed by atoms with E-state index in [9.17, 15) is 4.79 Å². The maximum Gasteiger partial charge on any atom is 0.242 e. The van der Waals surface area contributed by atoms with Gasteiger partial charge >= 0.3 is 0 Å². The number of nitrogens with zero attached hydrogens (tertiary/aromatic N) is 4. The van der Waals surface area contributed by atoms with Crippen molar-refractivity contribution < 1.29 is 4.79 Å². The zero-order valence-electron chi connectivity index (χ0n) is 17.9. The van der Waals surface area contributed by atoms with Gasteiger partial charge in [-0.1, -0.05) is 43.0 Å². The first-order valence-corrected chi connectivity index (χ1v) is 11.0. The smallest absolute Gasteiger partial charge is 0.242 e. The van der Waals surface area contributed by atoms with Gasteiger partial charge in [0.1, 0.15) is 6.54 Å². The van der Waals surface area contributed by atoms with Crippen molar-refractivity contribution in [1.29, 1.82) is 0 Å². The summed E-state index contributed by atoms with van der Waals surface area (Å²) in [6, 6.07) is 8.12. The fraction of sp³-hybridized carbons (Fsp3) is 0.591. The summed E-state index contributed by atoms with van der Waals surface area (Å²) < 4.78 is 2.32. The summed E-state index contributed by atoms with van der Waals surface area (Å²) in [5.41, 5.74) is 2.12. The number of likely N-dealkylation sites (N-methyl/N-ethyl adjacent to an activating group) is 1. The molecule has 0 atom stereocenters. The van der Waals surface area contributed by atoms with E-state index in [0.29, 0.717) is 10.7 Å². The van der Waals surface area contributed by atoms with Crippen LogP contribution in [-0.4, -0.2) is 64.2 Å². The average Bonchev–Trinajstić information content (AvgIpc) is 3.06. The first-order valence-electron chi connectivity index (χ1n) is 10.6. The maximum atomic E-state index is 13.3. The number of rotatable bonds is 8. The fourth-order valence-corrected chi connectivity index (χ4v) is 4.22. The molecule has 1 heterocycles. The van der Waals surface area contributed by atoms with Crippen LogP contribution in [0.5, 0.6) is 0 Å². The van der Waals surface area contributed by atoms with E-state index in [4.69, 9.17) is 12.2 Å². The van der Waals surface area contributed by atoms with E-state index in [2.05, 4.69) is 21.2 Å². The molecule has 29 heavy (non-hydrogen) atoms. The Balaban J connectivity index is 1.78. The van der Waals surface area contributed by atoms with Crippen LogP contribution in [0, 0.1) is 17.6 Å². The number of nitrogens with one attached hydrogen (secondary N) is 1. The zero-order chi connectivity index (χ0) is 20.8. The van der Waals surface area contributed by atoms with E-state index >= 15 is 0 Å². The van der Waals surface area contributed by atoms with Crippen LogP contribution < -0.4 is 0 Å². The highest BCUT2D eigenvalue weighted by Gasteiger charge is 2.22. The Morgan fingerprint density at radius 3 is 2.69 bits per heavy atom. The Morgan fingerprint density at radius 2 is 2.00 bits per heavy atom. The van der Waals surface area contributed by atoms with Crippen LogP contribution in [0.15, 0.2) is 24.3 Å². The number of aryl methyl sites for hydroxylation is 1. The summed E-state index contributed by atoms with van der Waals surface area (Å²) in [4.78, 5) is 17.5. The summed E-state index contributed by atoms with van der Waals surface area (Å²) in [7, 11) is 4.09. The molecule has 2 aromatic rings. The van der Waals surface area contributed by atoms with Crippen LogP contribution in [-0.2, 0) is 11.3 Å². The number of benzene rings is 1. The molecule has 158 valence electrons. The molecule has 0 saturated heterocycles. The Kier molecular flexibility index (Phi) is 7.61. The second kappa shape index (κ2) is 10.2. The minimum atomic E-state index is 0.115. The number of amides is 1. The number of hydrogen-bond donors (Lipinski definition) is 1. The molecule has 1 N–H and O–H groups in total. The monoisotopic (exact) mass is 415 g/mol. The van der Waals surface area contributed by atoms with Crippen LogP contribution in [0.3, 0.4) is 0 Å². The lowest BCUT2D eigenvalue weighted by Crippen LogP contribution is -2.41. The van der Waals surface area contributed by atoms with Crippen molar-refractivity contribution in [1.82, 2.24) is 24.6 Å². The van der Waals surface area contributed by atoms with Gasteiger partial charge in [-0.25, -0.2) is 0 Å². The van der Waals surface area contributed by atoms with Gasteiger partial charge in [0, 0.05) is 25.2 Å². The standard InChI is InChI=1S/C22H33N5OS/c1-17-8-7-11-19(14-17)21-23-24-22(29)27(21)16-20(28)26(13-12-25(2)3)15-18-9-5-4-6-10-18/h7-8,11,14,18H,4-6,9-10,12-13,15-16H2,1-3H3,(H,24,29). The molecule has 1 aliphatic rings. The molecular weight excluding hydrogens is 382 g/mol. The molecule has 1 aromatic carbocycles. The third-order valence-electron chi connectivity index (χ3n) is 5.70. The molecule has 0 bridgehead atoms. The highest BCUT2D eigenvalue weighted by molar-refractivity contribution is 7.71. The van der Waals surface area contributed by atoms with Crippen LogP contribution in [0.2, 0.25) is 0 Å². The van der Waals surface area contributed by atoms with Crippen LogP contribution >= 0.6 is 12.2 Å². The van der Waals surface area contributed by atoms with Gasteiger partial charge in [0.05, 0.1) is 0 Å². The molecule has 7 heteroatoms. The number of aromatic nitrogens is 3. The van der Waals surface area contributed by atoms with Gasteiger partial charge in [-0.15, -0.1) is 0 Å². The molecule has 1 amide bonds. The number of carbonyl (C=O) groups is 1. The van der Waals surface area contributed by atoms with Crippen LogP contribution in [0.1, 0.15) is 37.7 Å². The second-order valence-corrected chi connectivity index (χ2v) is 8.84. The molecule has 0 unspecified atom stereocenters. The third-order valence-corrected chi connectivity index (χ3v) is 6.01. The summed E-state index contributed by atoms with van der Waals surface area (Å²) in [6.07, 6.45) is 6.35. The molecule has 1 fully saturated rings. The van der Waals surface area contributed by atoms with Crippen molar-refractivity contribution in [3.63, 3.8) is 0 Å². The Bertz CT molecular complexity index is 866. The first kappa shape index (κ1) is 21.7. The molecule has 1 aliphatic carbocycles. The number of H-pyrrole nitrogens is 1. The quantitative estimate of drug-likeness (QED) is 0.665. The average molecular weight is 416 g/mol. The predicted octanol–water partition coefficient (Wildman–Crippen LogP) is 3.89. The molecule has 0 aliphatic heterocycles. The Hall–Kier alpha value is -1.99. The SMILES string of the molecule is Cc1cccc(-c2n[nH]c(=S)n2CC(=O)N(CCN(C)C)CC2CCCCC2)c1. The van der Waals surface area contributed by atoms with Gasteiger partial charge in [-0.05, 0) is 58.1 Å². The number of carbonyl (C=O) groups excluding carboxylic acids is 1. The molecule has 0 spiro atoms. The summed E-state index contributed by atoms with van der Waals surface area (Å²) in [5, 5.41) is 7.26. The fourth-order valence-electron chi connectivity index (χ4n) is 4.02. The van der Waals surface area contributed by atoms with E-state index in [1.54, 1.807) is 0 Å².